The molecule has 0 aliphatic heterocycles. The summed E-state index contributed by atoms with van der Waals surface area (Å²) in [6.45, 7) is 1.94. The standard InChI is InChI=1S/C10H9NO.Br/c1-7-6-10(12)11-9-5-3-2-4-8(7)9;/h2-6H,1H3,(H,11,12);. The van der Waals surface area contributed by atoms with Crippen LogP contribution in [0.15, 0.2) is 35.1 Å². The van der Waals surface area contributed by atoms with Crippen LogP contribution < -0.4 is 5.56 Å². The summed E-state index contributed by atoms with van der Waals surface area (Å²) < 4.78 is 0. The highest BCUT2D eigenvalue weighted by atomic mass is 79.9. The van der Waals surface area contributed by atoms with E-state index in [2.05, 4.69) is 4.98 Å². The maximum absolute atomic E-state index is 11.0. The van der Waals surface area contributed by atoms with Gasteiger partial charge in [0.2, 0.25) is 5.56 Å². The summed E-state index contributed by atoms with van der Waals surface area (Å²) in [4.78, 5) is 13.8. The molecule has 1 N–H and O–H groups in total. The molecule has 2 aromatic rings. The lowest BCUT2D eigenvalue weighted by Gasteiger charge is -1.98. The first-order valence-electron chi connectivity index (χ1n) is 3.86. The molecular weight excluding hydrogens is 230 g/mol. The van der Waals surface area contributed by atoms with Gasteiger partial charge in [-0.05, 0) is 18.6 Å². The third-order valence-corrected chi connectivity index (χ3v) is 1.96. The second kappa shape index (κ2) is 3.75. The van der Waals surface area contributed by atoms with Gasteiger partial charge in [0, 0.05) is 34.0 Å². The summed E-state index contributed by atoms with van der Waals surface area (Å²) in [5.41, 5.74) is 1.89. The predicted molar refractivity (Wildman–Crippen MR) is 58.2 cm³/mol. The number of aromatic amines is 1. The van der Waals surface area contributed by atoms with Crippen molar-refractivity contribution in [3.8, 4) is 0 Å². The molecule has 0 fully saturated rings. The monoisotopic (exact) mass is 238 g/mol. The maximum Gasteiger partial charge on any atom is 0.248 e. The highest BCUT2D eigenvalue weighted by molar-refractivity contribution is 8.93. The van der Waals surface area contributed by atoms with Crippen LogP contribution in [0.1, 0.15) is 5.56 Å². The maximum atomic E-state index is 11.0. The predicted octanol–water partition coefficient (Wildman–Crippen LogP) is 2.68. The van der Waals surface area contributed by atoms with Crippen molar-refractivity contribution in [3.05, 3.63) is 46.2 Å². The van der Waals surface area contributed by atoms with Crippen LogP contribution >= 0.6 is 17.0 Å². The molecule has 0 atom stereocenters. The van der Waals surface area contributed by atoms with E-state index in [4.69, 9.17) is 0 Å². The Morgan fingerprint density at radius 3 is 2.69 bits per heavy atom. The summed E-state index contributed by atoms with van der Waals surface area (Å²) in [7, 11) is 0. The molecule has 3 heteroatoms. The van der Waals surface area contributed by atoms with Crippen LogP contribution in [0.25, 0.3) is 10.9 Å². The van der Waals surface area contributed by atoms with Crippen LogP contribution in [0.4, 0.5) is 0 Å². The van der Waals surface area contributed by atoms with Gasteiger partial charge in [0.15, 0.2) is 0 Å². The number of H-pyrrole nitrogens is 1. The molecule has 0 unspecified atom stereocenters. The Morgan fingerprint density at radius 1 is 1.23 bits per heavy atom. The zero-order chi connectivity index (χ0) is 8.55. The molecular formula is C10H9BrNO. The van der Waals surface area contributed by atoms with Crippen molar-refractivity contribution in [1.82, 2.24) is 4.98 Å². The Balaban J connectivity index is 0.000000845. The fourth-order valence-corrected chi connectivity index (χ4v) is 1.38. The first-order chi connectivity index (χ1) is 5.77. The normalized spacial score (nSPS) is 9.62. The SMILES string of the molecule is Cc1cc(=O)[nH]c2ccccc12.[Br]. The van der Waals surface area contributed by atoms with E-state index in [1.807, 2.05) is 31.2 Å². The Labute approximate surface area is 86.4 Å². The molecule has 2 rings (SSSR count). The molecule has 0 bridgehead atoms. The minimum Gasteiger partial charge on any atom is -0.322 e. The van der Waals surface area contributed by atoms with Crippen molar-refractivity contribution in [2.75, 3.05) is 0 Å². The summed E-state index contributed by atoms with van der Waals surface area (Å²) >= 11 is 0. The first-order valence-corrected chi connectivity index (χ1v) is 3.86. The molecule has 13 heavy (non-hydrogen) atoms. The van der Waals surface area contributed by atoms with E-state index >= 15 is 0 Å². The molecule has 67 valence electrons. The van der Waals surface area contributed by atoms with Gasteiger partial charge < -0.3 is 4.98 Å². The van der Waals surface area contributed by atoms with Gasteiger partial charge in [-0.25, -0.2) is 0 Å². The van der Waals surface area contributed by atoms with E-state index < -0.39 is 0 Å². The van der Waals surface area contributed by atoms with Gasteiger partial charge in [-0.2, -0.15) is 0 Å². The zero-order valence-electron chi connectivity index (χ0n) is 7.17. The van der Waals surface area contributed by atoms with Crippen molar-refractivity contribution in [1.29, 1.82) is 0 Å². The molecule has 0 aliphatic rings. The number of para-hydroxylation sites is 1. The number of halogens is 1. The van der Waals surface area contributed by atoms with E-state index in [-0.39, 0.29) is 22.5 Å². The lowest BCUT2D eigenvalue weighted by Crippen LogP contribution is -2.04. The summed E-state index contributed by atoms with van der Waals surface area (Å²) in [5, 5.41) is 1.11. The molecule has 2 nitrogen and oxygen atoms in total. The number of aromatic nitrogens is 1. The topological polar surface area (TPSA) is 32.9 Å². The molecule has 1 aromatic carbocycles. The van der Waals surface area contributed by atoms with Gasteiger partial charge in [0.1, 0.15) is 0 Å². The van der Waals surface area contributed by atoms with Gasteiger partial charge in [0.25, 0.3) is 0 Å². The minimum absolute atomic E-state index is 0. The number of hydrogen-bond donors (Lipinski definition) is 1. The molecule has 1 radical (unpaired) electrons. The van der Waals surface area contributed by atoms with Gasteiger partial charge in [0.05, 0.1) is 0 Å². The second-order valence-corrected chi connectivity index (χ2v) is 2.86. The number of pyridine rings is 1. The molecule has 0 spiro atoms. The average Bonchev–Trinajstić information content (AvgIpc) is 2.04. The lowest BCUT2D eigenvalue weighted by molar-refractivity contribution is 1.28. The van der Waals surface area contributed by atoms with Gasteiger partial charge in [-0.15, -0.1) is 0 Å². The fraction of sp³-hybridized carbons (Fsp3) is 0.100. The van der Waals surface area contributed by atoms with Crippen molar-refractivity contribution >= 4 is 27.9 Å². The quantitative estimate of drug-likeness (QED) is 0.753. The van der Waals surface area contributed by atoms with Gasteiger partial charge >= 0.3 is 0 Å². The van der Waals surface area contributed by atoms with Crippen molar-refractivity contribution in [2.24, 2.45) is 0 Å². The molecule has 0 aliphatic carbocycles. The Hall–Kier alpha value is -1.09. The average molecular weight is 239 g/mol. The van der Waals surface area contributed by atoms with Crippen molar-refractivity contribution in [2.45, 2.75) is 6.92 Å². The molecule has 1 heterocycles. The van der Waals surface area contributed by atoms with Crippen LogP contribution in [-0.2, 0) is 0 Å². The highest BCUT2D eigenvalue weighted by Crippen LogP contribution is 2.12. The number of hydrogen-bond acceptors (Lipinski definition) is 1. The summed E-state index contributed by atoms with van der Waals surface area (Å²) in [6.07, 6.45) is 0. The number of rotatable bonds is 0. The number of benzene rings is 1. The van der Waals surface area contributed by atoms with E-state index in [1.54, 1.807) is 6.07 Å². The minimum atomic E-state index is -0.0359. The Bertz CT molecular complexity index is 476. The lowest BCUT2D eigenvalue weighted by atomic mass is 10.1. The smallest absolute Gasteiger partial charge is 0.248 e. The van der Waals surface area contributed by atoms with Crippen molar-refractivity contribution in [3.63, 3.8) is 0 Å². The van der Waals surface area contributed by atoms with E-state index in [1.165, 1.54) is 0 Å². The van der Waals surface area contributed by atoms with Crippen LogP contribution in [0.5, 0.6) is 0 Å². The number of nitrogens with one attached hydrogen (secondary N) is 1. The third kappa shape index (κ3) is 1.80. The van der Waals surface area contributed by atoms with Crippen LogP contribution in [0.3, 0.4) is 0 Å². The van der Waals surface area contributed by atoms with E-state index in [0.29, 0.717) is 0 Å². The molecule has 0 saturated heterocycles. The fourth-order valence-electron chi connectivity index (χ4n) is 1.38. The number of aryl methyl sites for hydroxylation is 1. The summed E-state index contributed by atoms with van der Waals surface area (Å²) in [5.74, 6) is 0. The van der Waals surface area contributed by atoms with Crippen LogP contribution in [0, 0.1) is 6.92 Å². The molecule has 1 aromatic heterocycles. The highest BCUT2D eigenvalue weighted by Gasteiger charge is 1.96. The summed E-state index contributed by atoms with van der Waals surface area (Å²) in [6, 6.07) is 9.40. The van der Waals surface area contributed by atoms with Crippen LogP contribution in [0.2, 0.25) is 0 Å². The molecule has 0 amide bonds. The Morgan fingerprint density at radius 2 is 1.92 bits per heavy atom. The van der Waals surface area contributed by atoms with Gasteiger partial charge in [-0.3, -0.25) is 4.79 Å². The van der Waals surface area contributed by atoms with Gasteiger partial charge in [-0.1, -0.05) is 18.2 Å². The first kappa shape index (κ1) is 9.99. The number of fused-ring (bicyclic) bond motifs is 1. The van der Waals surface area contributed by atoms with E-state index in [9.17, 15) is 4.79 Å². The molecule has 0 saturated carbocycles. The second-order valence-electron chi connectivity index (χ2n) is 2.86. The third-order valence-electron chi connectivity index (χ3n) is 1.96. The zero-order valence-corrected chi connectivity index (χ0v) is 8.76. The largest absolute Gasteiger partial charge is 0.322 e. The van der Waals surface area contributed by atoms with Crippen LogP contribution in [-0.4, -0.2) is 4.98 Å². The van der Waals surface area contributed by atoms with Crippen molar-refractivity contribution < 1.29 is 0 Å². The van der Waals surface area contributed by atoms with E-state index in [0.717, 1.165) is 16.5 Å². The Kier molecular flexibility index (Phi) is 2.88.